The van der Waals surface area contributed by atoms with Crippen molar-refractivity contribution in [2.45, 2.75) is 11.9 Å². The largest absolute Gasteiger partial charge is 0.489 e. The Balaban J connectivity index is 2.15. The van der Waals surface area contributed by atoms with E-state index in [2.05, 4.69) is 15.9 Å². The van der Waals surface area contributed by atoms with Crippen molar-refractivity contribution in [1.29, 1.82) is 0 Å². The molecule has 0 spiro atoms. The van der Waals surface area contributed by atoms with Crippen LogP contribution in [0.1, 0.15) is 11.1 Å². The Kier molecular flexibility index (Phi) is 5.14. The van der Waals surface area contributed by atoms with Crippen molar-refractivity contribution >= 4 is 33.2 Å². The first-order valence-electron chi connectivity index (χ1n) is 5.91. The second-order valence-corrected chi connectivity index (χ2v) is 5.19. The van der Waals surface area contributed by atoms with Crippen molar-refractivity contribution in [2.75, 3.05) is 0 Å². The van der Waals surface area contributed by atoms with E-state index >= 15 is 0 Å². The summed E-state index contributed by atoms with van der Waals surface area (Å²) in [7, 11) is 0. The minimum Gasteiger partial charge on any atom is -0.489 e. The monoisotopic (exact) mass is 373 g/mol. The number of benzene rings is 2. The predicted octanol–water partition coefficient (Wildman–Crippen LogP) is 4.86. The molecule has 0 heterocycles. The zero-order valence-electron chi connectivity index (χ0n) is 10.7. The molecule has 0 bridgehead atoms. The van der Waals surface area contributed by atoms with Gasteiger partial charge in [0, 0.05) is 23.0 Å². The highest BCUT2D eigenvalue weighted by Crippen LogP contribution is 2.27. The van der Waals surface area contributed by atoms with E-state index in [4.69, 9.17) is 16.3 Å². The summed E-state index contributed by atoms with van der Waals surface area (Å²) in [5.41, 5.74) is 1.37. The second-order valence-electron chi connectivity index (χ2n) is 4.22. The Morgan fingerprint density at radius 1 is 1.29 bits per heavy atom. The number of halogens is 3. The Morgan fingerprint density at radius 3 is 2.67 bits per heavy atom. The van der Waals surface area contributed by atoms with Crippen LogP contribution in [0.25, 0.3) is 0 Å². The molecule has 0 unspecified atom stereocenters. The normalized spacial score (nSPS) is 10.4. The molecule has 0 saturated heterocycles. The lowest BCUT2D eigenvalue weighted by Crippen LogP contribution is -1.99. The van der Waals surface area contributed by atoms with Gasteiger partial charge in [-0.2, -0.15) is 0 Å². The number of non-ortho nitro benzene ring substituents is 1. The molecule has 0 atom stereocenters. The van der Waals surface area contributed by atoms with Crippen LogP contribution in [0, 0.1) is 15.9 Å². The highest BCUT2D eigenvalue weighted by atomic mass is 79.9. The number of hydrogen-bond acceptors (Lipinski definition) is 3. The molecular formula is C14H10BrClFNO3. The van der Waals surface area contributed by atoms with Gasteiger partial charge >= 0.3 is 0 Å². The quantitative estimate of drug-likeness (QED) is 0.426. The van der Waals surface area contributed by atoms with Crippen molar-refractivity contribution in [1.82, 2.24) is 0 Å². The molecule has 0 aromatic heterocycles. The van der Waals surface area contributed by atoms with E-state index in [1.807, 2.05) is 0 Å². The minimum atomic E-state index is -0.489. The summed E-state index contributed by atoms with van der Waals surface area (Å²) in [6.07, 6.45) is 0. The van der Waals surface area contributed by atoms with Crippen LogP contribution in [-0.4, -0.2) is 4.92 Å². The van der Waals surface area contributed by atoms with Crippen LogP contribution in [0.4, 0.5) is 10.1 Å². The average Bonchev–Trinajstić information content (AvgIpc) is 2.48. The summed E-state index contributed by atoms with van der Waals surface area (Å²) >= 11 is 8.96. The maximum absolute atomic E-state index is 13.1. The maximum atomic E-state index is 13.1. The molecule has 2 rings (SSSR count). The van der Waals surface area contributed by atoms with E-state index in [0.29, 0.717) is 22.2 Å². The lowest BCUT2D eigenvalue weighted by atomic mass is 10.2. The van der Waals surface area contributed by atoms with E-state index in [1.165, 1.54) is 24.3 Å². The van der Waals surface area contributed by atoms with Crippen LogP contribution >= 0.6 is 27.5 Å². The van der Waals surface area contributed by atoms with Gasteiger partial charge in [0.25, 0.3) is 5.69 Å². The van der Waals surface area contributed by atoms with E-state index in [0.717, 1.165) is 0 Å². The number of rotatable bonds is 5. The van der Waals surface area contributed by atoms with Gasteiger partial charge in [0.15, 0.2) is 0 Å². The molecular weight excluding hydrogens is 365 g/mol. The fraction of sp³-hybridized carbons (Fsp3) is 0.143. The SMILES string of the molecule is O=[N+]([O-])c1ccc(OCc2ccc(F)c(Cl)c2)c(CBr)c1. The predicted molar refractivity (Wildman–Crippen MR) is 81.5 cm³/mol. The molecule has 0 radical (unpaired) electrons. The van der Waals surface area contributed by atoms with Gasteiger partial charge in [0.2, 0.25) is 0 Å². The zero-order chi connectivity index (χ0) is 15.4. The Bertz CT molecular complexity index is 681. The number of hydrogen-bond donors (Lipinski definition) is 0. The highest BCUT2D eigenvalue weighted by Gasteiger charge is 2.11. The minimum absolute atomic E-state index is 0.00151. The lowest BCUT2D eigenvalue weighted by Gasteiger charge is -2.10. The average molecular weight is 375 g/mol. The van der Waals surface area contributed by atoms with Gasteiger partial charge in [0.05, 0.1) is 9.95 Å². The topological polar surface area (TPSA) is 52.4 Å². The van der Waals surface area contributed by atoms with Crippen LogP contribution in [-0.2, 0) is 11.9 Å². The number of nitro groups is 1. The first-order valence-corrected chi connectivity index (χ1v) is 7.41. The summed E-state index contributed by atoms with van der Waals surface area (Å²) in [5.74, 6) is 0.0369. The molecule has 7 heteroatoms. The smallest absolute Gasteiger partial charge is 0.270 e. The summed E-state index contributed by atoms with van der Waals surface area (Å²) in [6.45, 7) is 0.192. The molecule has 2 aromatic carbocycles. The van der Waals surface area contributed by atoms with E-state index in [-0.39, 0.29) is 17.3 Å². The Labute approximate surface area is 133 Å². The first-order chi connectivity index (χ1) is 10.0. The molecule has 4 nitrogen and oxygen atoms in total. The van der Waals surface area contributed by atoms with Gasteiger partial charge < -0.3 is 4.74 Å². The third-order valence-corrected chi connectivity index (χ3v) is 3.67. The van der Waals surface area contributed by atoms with Gasteiger partial charge in [-0.25, -0.2) is 4.39 Å². The highest BCUT2D eigenvalue weighted by molar-refractivity contribution is 9.08. The molecule has 0 fully saturated rings. The molecule has 110 valence electrons. The third-order valence-electron chi connectivity index (χ3n) is 2.78. The summed E-state index contributed by atoms with van der Waals surface area (Å²) < 4.78 is 18.7. The third kappa shape index (κ3) is 3.92. The molecule has 0 N–H and O–H groups in total. The van der Waals surface area contributed by atoms with Gasteiger partial charge in [-0.15, -0.1) is 0 Å². The van der Waals surface area contributed by atoms with Crippen molar-refractivity contribution < 1.29 is 14.1 Å². The van der Waals surface area contributed by atoms with Crippen LogP contribution in [0.3, 0.4) is 0 Å². The number of nitrogens with zero attached hydrogens (tertiary/aromatic N) is 1. The van der Waals surface area contributed by atoms with E-state index in [9.17, 15) is 14.5 Å². The summed E-state index contributed by atoms with van der Waals surface area (Å²) in [4.78, 5) is 10.3. The van der Waals surface area contributed by atoms with Crippen molar-refractivity contribution in [3.63, 3.8) is 0 Å². The maximum Gasteiger partial charge on any atom is 0.270 e. The Hall–Kier alpha value is -1.66. The first kappa shape index (κ1) is 15.7. The van der Waals surface area contributed by atoms with Gasteiger partial charge in [-0.05, 0) is 23.8 Å². The van der Waals surface area contributed by atoms with Crippen molar-refractivity contribution in [3.8, 4) is 5.75 Å². The van der Waals surface area contributed by atoms with Crippen LogP contribution in [0.15, 0.2) is 36.4 Å². The molecule has 21 heavy (non-hydrogen) atoms. The molecule has 0 amide bonds. The lowest BCUT2D eigenvalue weighted by molar-refractivity contribution is -0.384. The second kappa shape index (κ2) is 6.87. The molecule has 2 aromatic rings. The molecule has 0 aliphatic carbocycles. The zero-order valence-corrected chi connectivity index (χ0v) is 13.0. The fourth-order valence-electron chi connectivity index (χ4n) is 1.72. The van der Waals surface area contributed by atoms with Crippen molar-refractivity contribution in [2.24, 2.45) is 0 Å². The summed E-state index contributed by atoms with van der Waals surface area (Å²) in [5, 5.41) is 11.2. The van der Waals surface area contributed by atoms with Crippen LogP contribution in [0.5, 0.6) is 5.75 Å². The van der Waals surface area contributed by atoms with Crippen molar-refractivity contribution in [3.05, 3.63) is 68.5 Å². The fourth-order valence-corrected chi connectivity index (χ4v) is 2.36. The van der Waals surface area contributed by atoms with Gasteiger partial charge in [0.1, 0.15) is 18.2 Å². The van der Waals surface area contributed by atoms with Crippen LogP contribution in [0.2, 0.25) is 5.02 Å². The van der Waals surface area contributed by atoms with E-state index in [1.54, 1.807) is 12.1 Å². The number of nitro benzene ring substituents is 1. The molecule has 0 aliphatic rings. The van der Waals surface area contributed by atoms with Crippen LogP contribution < -0.4 is 4.74 Å². The summed E-state index contributed by atoms with van der Waals surface area (Å²) in [6, 6.07) is 8.68. The van der Waals surface area contributed by atoms with Gasteiger partial charge in [-0.3, -0.25) is 10.1 Å². The molecule has 0 aliphatic heterocycles. The standard InChI is InChI=1S/C14H10BrClFNO3/c15-7-10-6-11(18(19)20)2-4-14(10)21-8-9-1-3-13(17)12(16)5-9/h1-6H,7-8H2. The molecule has 0 saturated carbocycles. The Morgan fingerprint density at radius 2 is 2.05 bits per heavy atom. The van der Waals surface area contributed by atoms with Gasteiger partial charge in [-0.1, -0.05) is 33.6 Å². The number of alkyl halides is 1. The van der Waals surface area contributed by atoms with E-state index < -0.39 is 10.7 Å². The number of ether oxygens (including phenoxy) is 1.